The van der Waals surface area contributed by atoms with Crippen LogP contribution in [-0.2, 0) is 11.2 Å². The van der Waals surface area contributed by atoms with Crippen LogP contribution in [0.15, 0.2) is 30.3 Å². The number of aryl methyl sites for hydroxylation is 1. The molecule has 1 amide bonds. The van der Waals surface area contributed by atoms with Crippen molar-refractivity contribution in [1.29, 1.82) is 0 Å². The Labute approximate surface area is 166 Å². The molecule has 1 aliphatic rings. The number of amides is 1. The summed E-state index contributed by atoms with van der Waals surface area (Å²) in [6.45, 7) is 1.29. The largest absolute Gasteiger partial charge is 0.352 e. The molecule has 28 heavy (non-hydrogen) atoms. The van der Waals surface area contributed by atoms with Crippen molar-refractivity contribution in [3.8, 4) is 11.3 Å². The number of likely N-dealkylation sites (N-methyl/N-ethyl adjacent to an activating group) is 1. The fourth-order valence-corrected chi connectivity index (χ4v) is 3.82. The Hall–Kier alpha value is -2.21. The Morgan fingerprint density at radius 1 is 1.21 bits per heavy atom. The first-order valence-electron chi connectivity index (χ1n) is 10.4. The van der Waals surface area contributed by atoms with Crippen LogP contribution in [0.2, 0.25) is 0 Å². The molecular weight excluding hydrogens is 355 g/mol. The molecule has 2 N–H and O–H groups in total. The third-order valence-electron chi connectivity index (χ3n) is 5.39. The standard InChI is InChI=1S/C22H31FN4O/c1-27(16-22(28)24-19-7-4-2-3-5-8-19)14-6-9-20-15-21(26-25-20)17-10-12-18(23)13-11-17/h10-13,15,19H,2-9,14,16H2,1H3,(H,24,28)(H,25,26). The Morgan fingerprint density at radius 2 is 1.93 bits per heavy atom. The second-order valence-electron chi connectivity index (χ2n) is 7.88. The summed E-state index contributed by atoms with van der Waals surface area (Å²) < 4.78 is 13.0. The smallest absolute Gasteiger partial charge is 0.234 e. The molecule has 1 fully saturated rings. The molecule has 1 saturated carbocycles. The van der Waals surface area contributed by atoms with Gasteiger partial charge in [0.25, 0.3) is 0 Å². The number of aromatic amines is 1. The van der Waals surface area contributed by atoms with Crippen LogP contribution in [0, 0.1) is 5.82 Å². The molecule has 0 spiro atoms. The van der Waals surface area contributed by atoms with Crippen LogP contribution in [0.4, 0.5) is 4.39 Å². The van der Waals surface area contributed by atoms with E-state index in [1.807, 2.05) is 13.1 Å². The lowest BCUT2D eigenvalue weighted by Crippen LogP contribution is -2.41. The van der Waals surface area contributed by atoms with E-state index in [1.54, 1.807) is 12.1 Å². The fourth-order valence-electron chi connectivity index (χ4n) is 3.82. The molecule has 0 atom stereocenters. The van der Waals surface area contributed by atoms with Gasteiger partial charge in [0.2, 0.25) is 5.91 Å². The highest BCUT2D eigenvalue weighted by Gasteiger charge is 2.15. The quantitative estimate of drug-likeness (QED) is 0.676. The van der Waals surface area contributed by atoms with Gasteiger partial charge in [-0.25, -0.2) is 4.39 Å². The number of benzene rings is 1. The van der Waals surface area contributed by atoms with E-state index < -0.39 is 0 Å². The summed E-state index contributed by atoms with van der Waals surface area (Å²) in [5.74, 6) is -0.111. The fraction of sp³-hybridized carbons (Fsp3) is 0.545. The number of hydrogen-bond acceptors (Lipinski definition) is 3. The minimum Gasteiger partial charge on any atom is -0.352 e. The lowest BCUT2D eigenvalue weighted by atomic mass is 10.1. The number of aromatic nitrogens is 2. The van der Waals surface area contributed by atoms with Crippen molar-refractivity contribution in [2.75, 3.05) is 20.1 Å². The normalized spacial score (nSPS) is 15.5. The second-order valence-corrected chi connectivity index (χ2v) is 7.88. The predicted octanol–water partition coefficient (Wildman–Crippen LogP) is 3.92. The van der Waals surface area contributed by atoms with Crippen molar-refractivity contribution in [2.24, 2.45) is 0 Å². The summed E-state index contributed by atoms with van der Waals surface area (Å²) in [4.78, 5) is 14.3. The minimum absolute atomic E-state index is 0.134. The van der Waals surface area contributed by atoms with Crippen LogP contribution in [0.3, 0.4) is 0 Å². The van der Waals surface area contributed by atoms with E-state index in [2.05, 4.69) is 20.4 Å². The number of carbonyl (C=O) groups excluding carboxylic acids is 1. The molecule has 1 aliphatic carbocycles. The van der Waals surface area contributed by atoms with Crippen LogP contribution >= 0.6 is 0 Å². The van der Waals surface area contributed by atoms with E-state index in [4.69, 9.17) is 0 Å². The summed E-state index contributed by atoms with van der Waals surface area (Å²) in [7, 11) is 1.99. The zero-order valence-corrected chi connectivity index (χ0v) is 16.7. The summed E-state index contributed by atoms with van der Waals surface area (Å²) >= 11 is 0. The van der Waals surface area contributed by atoms with E-state index in [0.717, 1.165) is 49.2 Å². The molecule has 0 bridgehead atoms. The van der Waals surface area contributed by atoms with Crippen molar-refractivity contribution in [2.45, 2.75) is 57.4 Å². The number of hydrogen-bond donors (Lipinski definition) is 2. The first-order chi connectivity index (χ1) is 13.6. The monoisotopic (exact) mass is 386 g/mol. The van der Waals surface area contributed by atoms with E-state index in [-0.39, 0.29) is 11.7 Å². The van der Waals surface area contributed by atoms with Gasteiger partial charge < -0.3 is 5.32 Å². The molecule has 6 heteroatoms. The maximum atomic E-state index is 13.0. The summed E-state index contributed by atoms with van der Waals surface area (Å²) in [6.07, 6.45) is 9.08. The Kier molecular flexibility index (Phi) is 7.60. The number of halogens is 1. The number of carbonyl (C=O) groups is 1. The Morgan fingerprint density at radius 3 is 2.64 bits per heavy atom. The lowest BCUT2D eigenvalue weighted by molar-refractivity contribution is -0.122. The molecule has 1 heterocycles. The van der Waals surface area contributed by atoms with Crippen molar-refractivity contribution < 1.29 is 9.18 Å². The zero-order chi connectivity index (χ0) is 19.8. The van der Waals surface area contributed by atoms with Gasteiger partial charge in [-0.2, -0.15) is 5.10 Å². The Bertz CT molecular complexity index is 735. The maximum Gasteiger partial charge on any atom is 0.234 e. The van der Waals surface area contributed by atoms with Crippen molar-refractivity contribution in [3.63, 3.8) is 0 Å². The van der Waals surface area contributed by atoms with E-state index in [9.17, 15) is 9.18 Å². The van der Waals surface area contributed by atoms with Gasteiger partial charge in [-0.05, 0) is 69.6 Å². The van der Waals surface area contributed by atoms with E-state index in [0.29, 0.717) is 12.6 Å². The molecule has 5 nitrogen and oxygen atoms in total. The van der Waals surface area contributed by atoms with E-state index >= 15 is 0 Å². The van der Waals surface area contributed by atoms with Crippen molar-refractivity contribution >= 4 is 5.91 Å². The van der Waals surface area contributed by atoms with Crippen LogP contribution in [0.1, 0.15) is 50.6 Å². The Balaban J connectivity index is 1.37. The van der Waals surface area contributed by atoms with Gasteiger partial charge in [-0.3, -0.25) is 14.8 Å². The molecule has 0 radical (unpaired) electrons. The van der Waals surface area contributed by atoms with Gasteiger partial charge in [-0.1, -0.05) is 25.7 Å². The van der Waals surface area contributed by atoms with Gasteiger partial charge in [-0.15, -0.1) is 0 Å². The van der Waals surface area contributed by atoms with Crippen molar-refractivity contribution in [1.82, 2.24) is 20.4 Å². The molecule has 1 aromatic heterocycles. The van der Waals surface area contributed by atoms with Crippen LogP contribution in [0.25, 0.3) is 11.3 Å². The van der Waals surface area contributed by atoms with Crippen LogP contribution in [-0.4, -0.2) is 47.2 Å². The first kappa shape index (κ1) is 20.5. The van der Waals surface area contributed by atoms with Crippen LogP contribution < -0.4 is 5.32 Å². The lowest BCUT2D eigenvalue weighted by Gasteiger charge is -2.20. The SMILES string of the molecule is CN(CCCc1cc(-c2ccc(F)cc2)n[nH]1)CC(=O)NC1CCCCCC1. The number of H-pyrrole nitrogens is 1. The number of rotatable bonds is 8. The molecule has 3 rings (SSSR count). The molecule has 0 saturated heterocycles. The molecule has 0 unspecified atom stereocenters. The zero-order valence-electron chi connectivity index (χ0n) is 16.7. The summed E-state index contributed by atoms with van der Waals surface area (Å²) in [6, 6.07) is 8.72. The maximum absolute atomic E-state index is 13.0. The predicted molar refractivity (Wildman–Crippen MR) is 109 cm³/mol. The van der Waals surface area contributed by atoms with Gasteiger partial charge in [0.15, 0.2) is 0 Å². The molecule has 2 aromatic rings. The highest BCUT2D eigenvalue weighted by molar-refractivity contribution is 5.78. The van der Waals surface area contributed by atoms with Gasteiger partial charge in [0, 0.05) is 17.3 Å². The van der Waals surface area contributed by atoms with Gasteiger partial charge in [0.1, 0.15) is 5.82 Å². The van der Waals surface area contributed by atoms with Gasteiger partial charge in [0.05, 0.1) is 12.2 Å². The van der Waals surface area contributed by atoms with Crippen LogP contribution in [0.5, 0.6) is 0 Å². The highest BCUT2D eigenvalue weighted by atomic mass is 19.1. The minimum atomic E-state index is -0.245. The average molecular weight is 387 g/mol. The second kappa shape index (κ2) is 10.4. The molecule has 152 valence electrons. The number of nitrogens with one attached hydrogen (secondary N) is 2. The first-order valence-corrected chi connectivity index (χ1v) is 10.4. The van der Waals surface area contributed by atoms with Gasteiger partial charge >= 0.3 is 0 Å². The third kappa shape index (κ3) is 6.44. The average Bonchev–Trinajstić information content (AvgIpc) is 2.99. The highest BCUT2D eigenvalue weighted by Crippen LogP contribution is 2.19. The van der Waals surface area contributed by atoms with Crippen molar-refractivity contribution in [3.05, 3.63) is 41.8 Å². The molecule has 1 aromatic carbocycles. The molecular formula is C22H31FN4O. The summed E-state index contributed by atoms with van der Waals surface area (Å²) in [5, 5.41) is 10.6. The van der Waals surface area contributed by atoms with E-state index in [1.165, 1.54) is 37.8 Å². The summed E-state index contributed by atoms with van der Waals surface area (Å²) in [5.41, 5.74) is 2.78. The topological polar surface area (TPSA) is 61.0 Å². The third-order valence-corrected chi connectivity index (χ3v) is 5.39. The number of nitrogens with zero attached hydrogens (tertiary/aromatic N) is 2. The molecule has 0 aliphatic heterocycles.